The summed E-state index contributed by atoms with van der Waals surface area (Å²) >= 11 is 0. The van der Waals surface area contributed by atoms with Gasteiger partial charge in [0.05, 0.1) is 30.7 Å². The van der Waals surface area contributed by atoms with Gasteiger partial charge < -0.3 is 10.4 Å². The molecule has 0 spiro atoms. The molecule has 1 fully saturated rings. The van der Waals surface area contributed by atoms with Crippen LogP contribution in [0.3, 0.4) is 0 Å². The predicted molar refractivity (Wildman–Crippen MR) is 125 cm³/mol. The van der Waals surface area contributed by atoms with Crippen LogP contribution in [0, 0.1) is 17.0 Å². The van der Waals surface area contributed by atoms with Gasteiger partial charge in [-0.25, -0.2) is 18.7 Å². The number of nitrogens with one attached hydrogen (secondary N) is 1. The lowest BCUT2D eigenvalue weighted by atomic mass is 9.86. The molecule has 2 amide bonds. The summed E-state index contributed by atoms with van der Waals surface area (Å²) in [7, 11) is 0. The minimum Gasteiger partial charge on any atom is -0.391 e. The van der Waals surface area contributed by atoms with Crippen molar-refractivity contribution in [2.75, 3.05) is 11.4 Å². The van der Waals surface area contributed by atoms with Crippen molar-refractivity contribution >= 4 is 28.7 Å². The Labute approximate surface area is 211 Å². The highest BCUT2D eigenvalue weighted by Crippen LogP contribution is 2.33. The number of anilines is 1. The van der Waals surface area contributed by atoms with Gasteiger partial charge in [0, 0.05) is 12.3 Å². The molecule has 0 saturated carbocycles. The fourth-order valence-electron chi connectivity index (χ4n) is 4.16. The zero-order valence-corrected chi connectivity index (χ0v) is 20.3. The lowest BCUT2D eigenvalue weighted by Gasteiger charge is -2.33. The Kier molecular flexibility index (Phi) is 6.72. The number of amides is 2. The van der Waals surface area contributed by atoms with Gasteiger partial charge in [-0.15, -0.1) is 0 Å². The van der Waals surface area contributed by atoms with Gasteiger partial charge in [-0.1, -0.05) is 20.8 Å². The molecule has 1 saturated heterocycles. The molecule has 1 aliphatic rings. The number of aromatic nitrogens is 3. The van der Waals surface area contributed by atoms with E-state index >= 15 is 0 Å². The van der Waals surface area contributed by atoms with Crippen LogP contribution >= 0.6 is 0 Å². The van der Waals surface area contributed by atoms with E-state index in [1.807, 2.05) is 5.32 Å². The molecule has 0 radical (unpaired) electrons. The van der Waals surface area contributed by atoms with E-state index in [2.05, 4.69) is 9.97 Å². The second-order valence-electron chi connectivity index (χ2n) is 9.92. The molecule has 202 valence electrons. The monoisotopic (exact) mass is 539 g/mol. The normalized spacial score (nSPS) is 17.2. The molecule has 0 aromatic carbocycles. The highest BCUT2D eigenvalue weighted by molar-refractivity contribution is 5.99. The third-order valence-electron chi connectivity index (χ3n) is 5.95. The molecule has 14 heteroatoms. The van der Waals surface area contributed by atoms with Crippen molar-refractivity contribution in [1.29, 1.82) is 0 Å². The molecule has 0 bridgehead atoms. The quantitative estimate of drug-likeness (QED) is 0.493. The standard InChI is InChI=1S/C24H22F5N5O4/c1-23(2,3)22(24(27,28)29)32-21(38)14-10-34(20-15(26)6-11(25)8-30-20)19-13(18(14)37)4-5-16(31-19)33-9-12(35)7-17(33)36/h4-6,8,10,12,22,35H,7,9H2,1-3H3,(H,32,38)/t12-,22-/m0/s1. The topological polar surface area (TPSA) is 117 Å². The number of pyridine rings is 3. The van der Waals surface area contributed by atoms with E-state index in [0.29, 0.717) is 12.3 Å². The summed E-state index contributed by atoms with van der Waals surface area (Å²) in [5.74, 6) is -4.72. The summed E-state index contributed by atoms with van der Waals surface area (Å²) in [6.45, 7) is 3.66. The molecule has 1 aliphatic heterocycles. The largest absolute Gasteiger partial charge is 0.409 e. The minimum absolute atomic E-state index is 0.0169. The van der Waals surface area contributed by atoms with E-state index < -0.39 is 64.0 Å². The number of rotatable bonds is 4. The number of alkyl halides is 3. The van der Waals surface area contributed by atoms with Crippen LogP contribution in [-0.2, 0) is 4.79 Å². The summed E-state index contributed by atoms with van der Waals surface area (Å²) in [5.41, 5.74) is -3.57. The molecular formula is C24H22F5N5O4. The summed E-state index contributed by atoms with van der Waals surface area (Å²) in [6, 6.07) is 0.556. The van der Waals surface area contributed by atoms with Gasteiger partial charge in [0.15, 0.2) is 17.3 Å². The Morgan fingerprint density at radius 2 is 1.87 bits per heavy atom. The molecule has 9 nitrogen and oxygen atoms in total. The fraction of sp³-hybridized carbons (Fsp3) is 0.375. The molecule has 38 heavy (non-hydrogen) atoms. The smallest absolute Gasteiger partial charge is 0.391 e. The van der Waals surface area contributed by atoms with E-state index in [0.717, 1.165) is 21.7 Å². The van der Waals surface area contributed by atoms with E-state index in [-0.39, 0.29) is 29.8 Å². The van der Waals surface area contributed by atoms with Crippen LogP contribution < -0.4 is 15.6 Å². The summed E-state index contributed by atoms with van der Waals surface area (Å²) in [5, 5.41) is 11.3. The Balaban J connectivity index is 1.93. The van der Waals surface area contributed by atoms with Crippen LogP contribution in [0.15, 0.2) is 35.4 Å². The number of hydrogen-bond donors (Lipinski definition) is 2. The van der Waals surface area contributed by atoms with Crippen LogP contribution in [0.2, 0.25) is 0 Å². The highest BCUT2D eigenvalue weighted by atomic mass is 19.4. The first kappa shape index (κ1) is 27.1. The van der Waals surface area contributed by atoms with Gasteiger partial charge in [-0.05, 0) is 17.5 Å². The van der Waals surface area contributed by atoms with Gasteiger partial charge in [-0.2, -0.15) is 13.2 Å². The van der Waals surface area contributed by atoms with Crippen molar-refractivity contribution in [3.63, 3.8) is 0 Å². The van der Waals surface area contributed by atoms with Crippen molar-refractivity contribution in [2.24, 2.45) is 5.41 Å². The predicted octanol–water partition coefficient (Wildman–Crippen LogP) is 2.86. The average molecular weight is 539 g/mol. The Morgan fingerprint density at radius 1 is 1.18 bits per heavy atom. The zero-order chi connectivity index (χ0) is 28.2. The Hall–Kier alpha value is -3.94. The van der Waals surface area contributed by atoms with Crippen molar-refractivity contribution in [2.45, 2.75) is 45.5 Å². The Bertz CT molecular complexity index is 1480. The van der Waals surface area contributed by atoms with E-state index in [4.69, 9.17) is 0 Å². The molecule has 3 aromatic heterocycles. The Morgan fingerprint density at radius 3 is 2.42 bits per heavy atom. The summed E-state index contributed by atoms with van der Waals surface area (Å²) in [6.07, 6.45) is -4.57. The number of carbonyl (C=O) groups is 2. The first-order chi connectivity index (χ1) is 17.6. The SMILES string of the molecule is CC(C)(C)[C@H](NC(=O)c1cn(-c2ncc(F)cc2F)c2nc(N3C[C@@H](O)CC3=O)ccc2c1=O)C(F)(F)F. The molecule has 2 N–H and O–H groups in total. The molecule has 4 rings (SSSR count). The number of β-amino-alcohol motifs (C(OH)–C–C–N with tert-alkyl or cyclic N) is 1. The number of aliphatic hydroxyl groups is 1. The third-order valence-corrected chi connectivity index (χ3v) is 5.95. The van der Waals surface area contributed by atoms with Crippen LogP contribution in [0.5, 0.6) is 0 Å². The first-order valence-electron chi connectivity index (χ1n) is 11.3. The maximum atomic E-state index is 14.8. The minimum atomic E-state index is -4.85. The lowest BCUT2D eigenvalue weighted by Crippen LogP contribution is -2.53. The third kappa shape index (κ3) is 5.08. The van der Waals surface area contributed by atoms with E-state index in [9.17, 15) is 41.4 Å². The molecule has 0 aliphatic carbocycles. The van der Waals surface area contributed by atoms with Gasteiger partial charge in [0.25, 0.3) is 5.91 Å². The number of carbonyl (C=O) groups excluding carboxylic acids is 2. The zero-order valence-electron chi connectivity index (χ0n) is 20.3. The highest BCUT2D eigenvalue weighted by Gasteiger charge is 2.48. The molecule has 2 atom stereocenters. The summed E-state index contributed by atoms with van der Waals surface area (Å²) in [4.78, 5) is 47.5. The molecule has 3 aromatic rings. The van der Waals surface area contributed by atoms with Crippen molar-refractivity contribution in [3.05, 3.63) is 58.0 Å². The van der Waals surface area contributed by atoms with Gasteiger partial charge >= 0.3 is 6.18 Å². The van der Waals surface area contributed by atoms with Crippen molar-refractivity contribution in [3.8, 4) is 5.82 Å². The molecular weight excluding hydrogens is 517 g/mol. The maximum Gasteiger partial charge on any atom is 0.409 e. The number of hydrogen-bond acceptors (Lipinski definition) is 6. The summed E-state index contributed by atoms with van der Waals surface area (Å²) < 4.78 is 70.2. The van der Waals surface area contributed by atoms with Crippen LogP contribution in [-0.4, -0.2) is 56.3 Å². The van der Waals surface area contributed by atoms with Crippen molar-refractivity contribution in [1.82, 2.24) is 19.9 Å². The van der Waals surface area contributed by atoms with Crippen LogP contribution in [0.25, 0.3) is 16.9 Å². The average Bonchev–Trinajstić information content (AvgIpc) is 3.14. The second kappa shape index (κ2) is 9.42. The second-order valence-corrected chi connectivity index (χ2v) is 9.92. The first-order valence-corrected chi connectivity index (χ1v) is 11.3. The molecule has 4 heterocycles. The molecule has 0 unspecified atom stereocenters. The van der Waals surface area contributed by atoms with Gasteiger partial charge in [0.1, 0.15) is 23.2 Å². The fourth-order valence-corrected chi connectivity index (χ4v) is 4.16. The van der Waals surface area contributed by atoms with Gasteiger partial charge in [0.2, 0.25) is 11.3 Å². The van der Waals surface area contributed by atoms with Crippen LogP contribution in [0.4, 0.5) is 27.8 Å². The van der Waals surface area contributed by atoms with Crippen LogP contribution in [0.1, 0.15) is 37.6 Å². The maximum absolute atomic E-state index is 14.8. The number of fused-ring (bicyclic) bond motifs is 1. The van der Waals surface area contributed by atoms with E-state index in [1.54, 1.807) is 0 Å². The number of nitrogens with zero attached hydrogens (tertiary/aromatic N) is 4. The number of halogens is 5. The van der Waals surface area contributed by atoms with Gasteiger partial charge in [-0.3, -0.25) is 23.9 Å². The number of aliphatic hydroxyl groups excluding tert-OH is 1. The van der Waals surface area contributed by atoms with E-state index in [1.165, 1.54) is 26.8 Å². The van der Waals surface area contributed by atoms with Crippen molar-refractivity contribution < 1.29 is 36.6 Å². The lowest BCUT2D eigenvalue weighted by molar-refractivity contribution is -0.174.